The molecule has 0 bridgehead atoms. The Morgan fingerprint density at radius 2 is 1.16 bits per heavy atom. The quantitative estimate of drug-likeness (QED) is 0.120. The van der Waals surface area contributed by atoms with Gasteiger partial charge in [0.15, 0.2) is 0 Å². The summed E-state index contributed by atoms with van der Waals surface area (Å²) in [6.45, 7) is 25.0. The van der Waals surface area contributed by atoms with Gasteiger partial charge in [0, 0.05) is 9.52 Å². The van der Waals surface area contributed by atoms with Gasteiger partial charge in [-0.1, -0.05) is 151 Å². The number of fused-ring (bicyclic) bond motifs is 2. The molecule has 5 heteroatoms. The van der Waals surface area contributed by atoms with Gasteiger partial charge in [-0.05, 0) is 34.4 Å². The van der Waals surface area contributed by atoms with Gasteiger partial charge >= 0.3 is 37.9 Å². The Morgan fingerprint density at radius 3 is 1.59 bits per heavy atom. The number of hydrogen-bond donors (Lipinski definition) is 0. The molecule has 0 atom stereocenters. The van der Waals surface area contributed by atoms with Crippen LogP contribution in [0.4, 0.5) is 0 Å². The fourth-order valence-electron chi connectivity index (χ4n) is 5.90. The maximum atomic E-state index is 4.93. The molecule has 6 aromatic carbocycles. The number of hydrogen-bond acceptors (Lipinski definition) is 0. The van der Waals surface area contributed by atoms with E-state index < -0.39 is 28.9 Å². The third-order valence-corrected chi connectivity index (χ3v) is 10.8. The second-order valence-corrected chi connectivity index (χ2v) is 24.8. The second-order valence-electron chi connectivity index (χ2n) is 15.0. The van der Waals surface area contributed by atoms with Crippen LogP contribution in [-0.4, -0.2) is 17.6 Å². The van der Waals surface area contributed by atoms with E-state index in [0.29, 0.717) is 5.92 Å². The molecule has 2 radical (unpaired) electrons. The summed E-state index contributed by atoms with van der Waals surface area (Å²) in [7, 11) is 9.74. The zero-order chi connectivity index (χ0) is 36.4. The van der Waals surface area contributed by atoms with E-state index in [1.54, 1.807) is 0 Å². The van der Waals surface area contributed by atoms with Crippen LogP contribution in [0.1, 0.15) is 64.2 Å². The monoisotopic (exact) mass is 798 g/mol. The number of halogens is 2. The Kier molecular flexibility index (Phi) is 16.1. The molecule has 0 aliphatic carbocycles. The molecule has 6 aromatic rings. The molecule has 0 aliphatic rings. The minimum absolute atomic E-state index is 0.204. The first-order valence-electron chi connectivity index (χ1n) is 17.3. The van der Waals surface area contributed by atoms with E-state index >= 15 is 0 Å². The molecule has 0 unspecified atom stereocenters. The van der Waals surface area contributed by atoms with Gasteiger partial charge in [-0.2, -0.15) is 12.1 Å². The van der Waals surface area contributed by atoms with Crippen molar-refractivity contribution in [2.75, 3.05) is 0 Å². The van der Waals surface area contributed by atoms with Crippen LogP contribution in [0.2, 0.25) is 32.7 Å². The van der Waals surface area contributed by atoms with Crippen molar-refractivity contribution >= 4 is 61.4 Å². The third-order valence-electron chi connectivity index (χ3n) is 8.78. The summed E-state index contributed by atoms with van der Waals surface area (Å²) < 4.78 is 0. The average Bonchev–Trinajstić information content (AvgIpc) is 3.70. The van der Waals surface area contributed by atoms with E-state index in [1.165, 1.54) is 65.7 Å². The molecule has 0 spiro atoms. The summed E-state index contributed by atoms with van der Waals surface area (Å²) in [5, 5.41) is 6.99. The molecule has 0 nitrogen and oxygen atoms in total. The second kappa shape index (κ2) is 19.0. The molecule has 0 saturated carbocycles. The number of benzene rings is 4. The van der Waals surface area contributed by atoms with Gasteiger partial charge in [-0.15, -0.1) is 69.1 Å². The molecule has 0 fully saturated rings. The van der Waals surface area contributed by atoms with Crippen LogP contribution in [0, 0.1) is 0 Å². The van der Waals surface area contributed by atoms with Crippen LogP contribution in [-0.2, 0) is 32.7 Å². The van der Waals surface area contributed by atoms with E-state index in [-0.39, 0.29) is 5.41 Å². The van der Waals surface area contributed by atoms with Crippen molar-refractivity contribution in [2.45, 2.75) is 92.0 Å². The fourth-order valence-corrected chi connectivity index (χ4v) is 7.06. The molecule has 0 aromatic heterocycles. The van der Waals surface area contributed by atoms with Crippen molar-refractivity contribution in [3.05, 3.63) is 126 Å². The van der Waals surface area contributed by atoms with Gasteiger partial charge in [0.05, 0.1) is 8.07 Å². The standard InChI is InChI=1S/C22H25.C20H23Si.C2H6Si.2ClH.Zr/c1-15(2)18-13-17-7-6-8-20(21(17)14-18)16-9-11-19(12-10-16)22(3,4)5;1-5-15-13-17-7-6-8-19(20(17)14-15)16-9-11-18(12-10-16)21(2,3)4;1-3-2;;;/h6-15H,1-5H3;6-14H,5H2,1-4H3;1-2H3;2*1H;/q2*-1;;;;+4/p-2. The Bertz CT molecular complexity index is 1860. The number of aryl methyl sites for hydroxylation is 1. The number of rotatable bonds is 5. The molecule has 49 heavy (non-hydrogen) atoms. The Balaban J connectivity index is 0.000000229. The van der Waals surface area contributed by atoms with Crippen molar-refractivity contribution in [2.24, 2.45) is 0 Å². The predicted octanol–water partition coefficient (Wildman–Crippen LogP) is 14.1. The van der Waals surface area contributed by atoms with Crippen molar-refractivity contribution in [1.82, 2.24) is 0 Å². The minimum atomic E-state index is -1.21. The van der Waals surface area contributed by atoms with Crippen LogP contribution in [0.25, 0.3) is 43.8 Å². The van der Waals surface area contributed by atoms with Crippen molar-refractivity contribution in [3.63, 3.8) is 0 Å². The maximum absolute atomic E-state index is 4.93. The summed E-state index contributed by atoms with van der Waals surface area (Å²) in [5.74, 6) is 0.573. The zero-order valence-electron chi connectivity index (χ0n) is 31.4. The van der Waals surface area contributed by atoms with Crippen LogP contribution in [0.3, 0.4) is 0 Å². The average molecular weight is 801 g/mol. The van der Waals surface area contributed by atoms with Gasteiger partial charge in [0.25, 0.3) is 0 Å². The summed E-state index contributed by atoms with van der Waals surface area (Å²) in [5.41, 5.74) is 9.77. The molecule has 0 amide bonds. The molecule has 0 saturated heterocycles. The van der Waals surface area contributed by atoms with Gasteiger partial charge in [0.2, 0.25) is 0 Å². The van der Waals surface area contributed by atoms with Crippen LogP contribution in [0.5, 0.6) is 0 Å². The summed E-state index contributed by atoms with van der Waals surface area (Å²) in [6, 6.07) is 40.9. The van der Waals surface area contributed by atoms with Crippen LogP contribution >= 0.6 is 17.0 Å². The van der Waals surface area contributed by atoms with Crippen molar-refractivity contribution in [3.8, 4) is 22.3 Å². The summed E-state index contributed by atoms with van der Waals surface area (Å²) in [4.78, 5) is 0. The third kappa shape index (κ3) is 11.5. The van der Waals surface area contributed by atoms with E-state index in [0.717, 1.165) is 15.9 Å². The summed E-state index contributed by atoms with van der Waals surface area (Å²) in [6.07, 6.45) is 1.10. The topological polar surface area (TPSA) is 0 Å². The van der Waals surface area contributed by atoms with E-state index in [2.05, 4.69) is 183 Å². The molecule has 0 aliphatic heterocycles. The fraction of sp³-hybridized carbons (Fsp3) is 0.318. The predicted molar refractivity (Wildman–Crippen MR) is 224 cm³/mol. The van der Waals surface area contributed by atoms with Gasteiger partial charge < -0.3 is 0 Å². The van der Waals surface area contributed by atoms with Crippen LogP contribution in [0.15, 0.2) is 109 Å². The molecule has 0 heterocycles. The van der Waals surface area contributed by atoms with Crippen LogP contribution < -0.4 is 5.19 Å². The molecule has 256 valence electrons. The first-order chi connectivity index (χ1) is 23.2. The Morgan fingerprint density at radius 1 is 0.714 bits per heavy atom. The molecule has 6 rings (SSSR count). The van der Waals surface area contributed by atoms with Gasteiger partial charge in [0.1, 0.15) is 0 Å². The van der Waals surface area contributed by atoms with Gasteiger partial charge in [-0.25, -0.2) is 0 Å². The SMILES string of the molecule is CC(C)c1cc2c(-c3ccc(C(C)(C)C)cc3)cccc2[cH-]1.CCc1cc2c(-c3ccc([Si](C)(C)C)cc3)cccc2[cH-]1.C[Si]C.[Cl][Zr+2][Cl]. The van der Waals surface area contributed by atoms with Gasteiger partial charge in [-0.3, -0.25) is 0 Å². The molecule has 0 N–H and O–H groups in total. The molecular formula is C44H54Cl2Si2Zr. The normalized spacial score (nSPS) is 11.2. The Labute approximate surface area is 319 Å². The first-order valence-corrected chi connectivity index (χ1v) is 29.2. The summed E-state index contributed by atoms with van der Waals surface area (Å²) >= 11 is -0.826. The first kappa shape index (κ1) is 41.4. The van der Waals surface area contributed by atoms with E-state index in [1.807, 2.05) is 0 Å². The van der Waals surface area contributed by atoms with E-state index in [4.69, 9.17) is 17.0 Å². The molecular weight excluding hydrogens is 747 g/mol. The van der Waals surface area contributed by atoms with Crippen molar-refractivity contribution < 1.29 is 20.8 Å². The van der Waals surface area contributed by atoms with Crippen molar-refractivity contribution in [1.29, 1.82) is 0 Å². The zero-order valence-corrected chi connectivity index (χ0v) is 37.4. The van der Waals surface area contributed by atoms with E-state index in [9.17, 15) is 0 Å². The Hall–Kier alpha value is -2.00.